The molecule has 126 valence electrons. The van der Waals surface area contributed by atoms with E-state index in [9.17, 15) is 4.39 Å². The molecule has 1 unspecified atom stereocenters. The highest BCUT2D eigenvalue weighted by molar-refractivity contribution is 5.46. The maximum Gasteiger partial charge on any atom is 0.231 e. The van der Waals surface area contributed by atoms with Crippen LogP contribution in [0.4, 0.5) is 4.39 Å². The van der Waals surface area contributed by atoms with Crippen molar-refractivity contribution in [3.63, 3.8) is 0 Å². The lowest BCUT2D eigenvalue weighted by atomic mass is 9.81. The van der Waals surface area contributed by atoms with Crippen molar-refractivity contribution >= 4 is 0 Å². The summed E-state index contributed by atoms with van der Waals surface area (Å²) < 4.78 is 77.8. The number of benzene rings is 2. The van der Waals surface area contributed by atoms with Crippen LogP contribution in [0.25, 0.3) is 0 Å². The number of rotatable bonds is 4. The summed E-state index contributed by atoms with van der Waals surface area (Å²) in [7, 11) is 0. The molecule has 0 aliphatic carbocycles. The van der Waals surface area contributed by atoms with Crippen LogP contribution in [-0.2, 0) is 0 Å². The summed E-state index contributed by atoms with van der Waals surface area (Å²) in [5.41, 5.74) is 0.623. The van der Waals surface area contributed by atoms with Gasteiger partial charge in [-0.05, 0) is 48.7 Å². The van der Waals surface area contributed by atoms with E-state index >= 15 is 0 Å². The molecule has 1 fully saturated rings. The third-order valence-electron chi connectivity index (χ3n) is 4.06. The Balaban J connectivity index is 1.64. The fraction of sp³-hybridized carbons (Fsp3) is 0.368. The van der Waals surface area contributed by atoms with E-state index < -0.39 is 37.5 Å². The van der Waals surface area contributed by atoms with Crippen LogP contribution in [0.2, 0.25) is 0 Å². The Kier molecular flexibility index (Phi) is 2.76. The first kappa shape index (κ1) is 9.89. The summed E-state index contributed by atoms with van der Waals surface area (Å²) >= 11 is 0. The normalized spacial score (nSPS) is 30.9. The van der Waals surface area contributed by atoms with Gasteiger partial charge < -0.3 is 19.5 Å². The van der Waals surface area contributed by atoms with Gasteiger partial charge in [-0.25, -0.2) is 4.39 Å². The zero-order chi connectivity index (χ0) is 21.7. The zero-order valence-electron chi connectivity index (χ0n) is 18.7. The highest BCUT2D eigenvalue weighted by Crippen LogP contribution is 2.36. The van der Waals surface area contributed by atoms with Gasteiger partial charge in [0.1, 0.15) is 14.3 Å². The molecule has 2 aliphatic rings. The topological polar surface area (TPSA) is 39.7 Å². The fourth-order valence-electron chi connectivity index (χ4n) is 2.82. The summed E-state index contributed by atoms with van der Waals surface area (Å²) in [5.74, 6) is -1.97. The van der Waals surface area contributed by atoms with E-state index in [1.54, 1.807) is 0 Å². The van der Waals surface area contributed by atoms with E-state index in [1.165, 1.54) is 42.5 Å². The monoisotopic (exact) mass is 335 g/mol. The number of halogens is 1. The molecule has 4 nitrogen and oxygen atoms in total. The third-order valence-corrected chi connectivity index (χ3v) is 4.06. The minimum atomic E-state index is -2.46. The zero-order valence-corrected chi connectivity index (χ0v) is 12.7. The molecular formula is C19H20FNO3. The van der Waals surface area contributed by atoms with Crippen molar-refractivity contribution < 1.29 is 26.8 Å². The predicted octanol–water partition coefficient (Wildman–Crippen LogP) is 3.33. The minimum Gasteiger partial charge on any atom is -0.493 e. The molecule has 2 aromatic carbocycles. The van der Waals surface area contributed by atoms with E-state index in [-0.39, 0.29) is 17.2 Å². The van der Waals surface area contributed by atoms with Crippen LogP contribution < -0.4 is 19.5 Å². The van der Waals surface area contributed by atoms with Gasteiger partial charge in [-0.2, -0.15) is 0 Å². The quantitative estimate of drug-likeness (QED) is 0.930. The van der Waals surface area contributed by atoms with Crippen LogP contribution >= 0.6 is 0 Å². The highest BCUT2D eigenvalue weighted by Gasteiger charge is 2.27. The number of piperidine rings is 1. The SMILES string of the molecule is [2H]C1([2H])Oc2ccc(OC([2H])([2H])[C@H]3C(c4ccc(F)cc4)CCNC3([2H])[2H])cc2O1. The van der Waals surface area contributed by atoms with Gasteiger partial charge in [-0.1, -0.05) is 12.1 Å². The van der Waals surface area contributed by atoms with Gasteiger partial charge in [-0.15, -0.1) is 0 Å². The predicted molar refractivity (Wildman–Crippen MR) is 88.2 cm³/mol. The van der Waals surface area contributed by atoms with Crippen LogP contribution in [0.1, 0.15) is 26.1 Å². The largest absolute Gasteiger partial charge is 0.493 e. The molecule has 2 aliphatic heterocycles. The Labute approximate surface area is 149 Å². The molecule has 4 rings (SSSR count). The average molecular weight is 335 g/mol. The molecule has 2 heterocycles. The first-order chi connectivity index (χ1) is 14.0. The second-order valence-corrected chi connectivity index (χ2v) is 5.61. The standard InChI is InChI=1S/C19H20FNO3/c20-15-3-1-13(2-4-15)17-7-8-21-10-14(17)11-22-16-5-6-18-19(9-16)24-12-23-18/h1-6,9,14,17,21H,7-8,10-12H2/t14-,17?/m0/s1/i10D2,11D2,12D2. The molecule has 0 radical (unpaired) electrons. The lowest BCUT2D eigenvalue weighted by molar-refractivity contribution is 0.173. The second kappa shape index (κ2) is 6.69. The minimum absolute atomic E-state index is 0.0410. The van der Waals surface area contributed by atoms with E-state index in [4.69, 9.17) is 22.4 Å². The van der Waals surface area contributed by atoms with Gasteiger partial charge in [0, 0.05) is 21.2 Å². The van der Waals surface area contributed by atoms with E-state index in [0.29, 0.717) is 18.5 Å². The van der Waals surface area contributed by atoms with Crippen molar-refractivity contribution in [1.29, 1.82) is 0 Å². The Morgan fingerprint density at radius 2 is 2.04 bits per heavy atom. The molecule has 0 aromatic heterocycles. The molecule has 5 heteroatoms. The van der Waals surface area contributed by atoms with Crippen molar-refractivity contribution in [1.82, 2.24) is 5.32 Å². The van der Waals surface area contributed by atoms with Crippen molar-refractivity contribution in [2.45, 2.75) is 12.3 Å². The Morgan fingerprint density at radius 1 is 1.21 bits per heavy atom. The maximum atomic E-state index is 13.4. The number of hydrogen-bond acceptors (Lipinski definition) is 4. The molecule has 2 aromatic rings. The lowest BCUT2D eigenvalue weighted by Crippen LogP contribution is -2.38. The molecule has 0 amide bonds. The van der Waals surface area contributed by atoms with Gasteiger partial charge in [0.25, 0.3) is 0 Å². The van der Waals surface area contributed by atoms with Crippen LogP contribution in [0, 0.1) is 11.7 Å². The smallest absolute Gasteiger partial charge is 0.231 e. The molecule has 24 heavy (non-hydrogen) atoms. The average Bonchev–Trinajstić information content (AvgIpc) is 2.93. The van der Waals surface area contributed by atoms with Crippen molar-refractivity contribution in [2.75, 3.05) is 26.3 Å². The van der Waals surface area contributed by atoms with Gasteiger partial charge in [0.2, 0.25) is 6.75 Å². The molecule has 0 saturated carbocycles. The van der Waals surface area contributed by atoms with Crippen molar-refractivity contribution in [3.8, 4) is 17.2 Å². The van der Waals surface area contributed by atoms with Gasteiger partial charge in [0.05, 0.1) is 9.30 Å². The lowest BCUT2D eigenvalue weighted by Gasteiger charge is -2.32. The summed E-state index contributed by atoms with van der Waals surface area (Å²) in [4.78, 5) is 0. The molecular weight excluding hydrogens is 309 g/mol. The van der Waals surface area contributed by atoms with Gasteiger partial charge in [0.15, 0.2) is 11.5 Å². The van der Waals surface area contributed by atoms with Crippen LogP contribution in [-0.4, -0.2) is 26.3 Å². The van der Waals surface area contributed by atoms with Gasteiger partial charge >= 0.3 is 0 Å². The van der Waals surface area contributed by atoms with E-state index in [2.05, 4.69) is 5.32 Å². The summed E-state index contributed by atoms with van der Waals surface area (Å²) in [5, 5.41) is 2.71. The summed E-state index contributed by atoms with van der Waals surface area (Å²) in [6.07, 6.45) is 0.444. The molecule has 1 saturated heterocycles. The molecule has 2 atom stereocenters. The third kappa shape index (κ3) is 3.17. The molecule has 0 spiro atoms. The van der Waals surface area contributed by atoms with Crippen LogP contribution in [0.5, 0.6) is 17.2 Å². The fourth-order valence-corrected chi connectivity index (χ4v) is 2.82. The number of fused-ring (bicyclic) bond motifs is 1. The number of ether oxygens (including phenoxy) is 3. The van der Waals surface area contributed by atoms with E-state index in [1.807, 2.05) is 0 Å². The Morgan fingerprint density at radius 3 is 2.92 bits per heavy atom. The van der Waals surface area contributed by atoms with Crippen molar-refractivity contribution in [2.24, 2.45) is 5.92 Å². The highest BCUT2D eigenvalue weighted by atomic mass is 19.1. The van der Waals surface area contributed by atoms with Crippen molar-refractivity contribution in [3.05, 3.63) is 53.8 Å². The second-order valence-electron chi connectivity index (χ2n) is 5.61. The summed E-state index contributed by atoms with van der Waals surface area (Å²) in [6, 6.07) is 9.71. The van der Waals surface area contributed by atoms with Gasteiger partial charge in [-0.3, -0.25) is 0 Å². The molecule has 0 bridgehead atoms. The Bertz CT molecular complexity index is 940. The number of hydrogen-bond donors (Lipinski definition) is 1. The Hall–Kier alpha value is -2.27. The van der Waals surface area contributed by atoms with Crippen LogP contribution in [0.3, 0.4) is 0 Å². The first-order valence-electron chi connectivity index (χ1n) is 10.7. The molecule has 1 N–H and O–H groups in total. The first-order valence-corrected chi connectivity index (χ1v) is 7.68. The van der Waals surface area contributed by atoms with Crippen LogP contribution in [0.15, 0.2) is 42.5 Å². The maximum absolute atomic E-state index is 13.4. The van der Waals surface area contributed by atoms with E-state index in [0.717, 1.165) is 0 Å². The summed E-state index contributed by atoms with van der Waals surface area (Å²) in [6.45, 7) is -6.53. The number of nitrogens with one attached hydrogen (secondary N) is 1.